The summed E-state index contributed by atoms with van der Waals surface area (Å²) in [4.78, 5) is 0. The molecule has 4 aromatic carbocycles. The minimum absolute atomic E-state index is 0.542. The Morgan fingerprint density at radius 3 is 1.56 bits per heavy atom. The number of ether oxygens (including phenoxy) is 3. The summed E-state index contributed by atoms with van der Waals surface area (Å²) < 4.78 is 16.8. The average molecular weight is 453 g/mol. The van der Waals surface area contributed by atoms with Crippen LogP contribution in [0, 0.1) is 0 Å². The van der Waals surface area contributed by atoms with Gasteiger partial charge in [0.05, 0.1) is 20.3 Å². The molecule has 0 aliphatic rings. The number of benzene rings is 4. The summed E-state index contributed by atoms with van der Waals surface area (Å²) in [5.74, 6) is 1.52. The van der Waals surface area contributed by atoms with Gasteiger partial charge in [-0.15, -0.1) is 0 Å². The summed E-state index contributed by atoms with van der Waals surface area (Å²) >= 11 is 0. The second-order valence-corrected chi connectivity index (χ2v) is 7.65. The van der Waals surface area contributed by atoms with Crippen molar-refractivity contribution in [2.75, 3.05) is 7.11 Å². The monoisotopic (exact) mass is 452 g/mol. The Bertz CT molecular complexity index is 1070. The molecule has 3 nitrogen and oxygen atoms in total. The van der Waals surface area contributed by atoms with Gasteiger partial charge >= 0.3 is 0 Å². The normalized spacial score (nSPS) is 10.4. The smallest absolute Gasteiger partial charge is 0.161 e. The molecule has 0 aliphatic carbocycles. The van der Waals surface area contributed by atoms with Crippen molar-refractivity contribution in [2.24, 2.45) is 0 Å². The number of hydrogen-bond donors (Lipinski definition) is 0. The van der Waals surface area contributed by atoms with Crippen LogP contribution in [-0.2, 0) is 24.6 Å². The SMILES string of the molecule is CC=Cc1ccc(OCc2ccccc2)c(OC)c1.c1ccc(COCc2ccccc2)cc1. The molecule has 3 heteroatoms. The van der Waals surface area contributed by atoms with Gasteiger partial charge in [0.1, 0.15) is 6.61 Å². The Morgan fingerprint density at radius 2 is 1.09 bits per heavy atom. The molecule has 0 spiro atoms. The molecule has 174 valence electrons. The summed E-state index contributed by atoms with van der Waals surface area (Å²) in [6.45, 7) is 3.89. The first-order valence-electron chi connectivity index (χ1n) is 11.4. The standard InChI is InChI=1S/C17H18O2.C14H14O/c1-3-7-14-10-11-16(17(12-14)18-2)19-13-15-8-5-4-6-9-15;1-3-7-13(8-4-1)11-15-12-14-9-5-2-6-10-14/h3-12H,13H2,1-2H3;1-10H,11-12H2. The van der Waals surface area contributed by atoms with Gasteiger partial charge in [-0.2, -0.15) is 0 Å². The zero-order chi connectivity index (χ0) is 23.8. The van der Waals surface area contributed by atoms with E-state index in [4.69, 9.17) is 14.2 Å². The van der Waals surface area contributed by atoms with Gasteiger partial charge < -0.3 is 14.2 Å². The number of allylic oxidation sites excluding steroid dienone is 1. The Hall–Kier alpha value is -3.82. The first kappa shape index (κ1) is 24.8. The van der Waals surface area contributed by atoms with E-state index in [1.54, 1.807) is 7.11 Å². The number of hydrogen-bond acceptors (Lipinski definition) is 3. The molecular weight excluding hydrogens is 420 g/mol. The molecule has 0 heterocycles. The predicted octanol–water partition coefficient (Wildman–Crippen LogP) is 7.71. The van der Waals surface area contributed by atoms with Gasteiger partial charge in [-0.25, -0.2) is 0 Å². The molecule has 0 atom stereocenters. The van der Waals surface area contributed by atoms with Crippen LogP contribution in [0.15, 0.2) is 115 Å². The van der Waals surface area contributed by atoms with Crippen molar-refractivity contribution in [3.05, 3.63) is 138 Å². The molecule has 0 radical (unpaired) electrons. The first-order chi connectivity index (χ1) is 16.8. The maximum atomic E-state index is 5.80. The fraction of sp³-hybridized carbons (Fsp3) is 0.161. The fourth-order valence-electron chi connectivity index (χ4n) is 3.27. The van der Waals surface area contributed by atoms with E-state index in [9.17, 15) is 0 Å². The third-order valence-electron chi connectivity index (χ3n) is 5.01. The van der Waals surface area contributed by atoms with Crippen molar-refractivity contribution in [1.29, 1.82) is 0 Å². The Labute approximate surface area is 203 Å². The summed E-state index contributed by atoms with van der Waals surface area (Å²) in [6, 6.07) is 36.5. The van der Waals surface area contributed by atoms with Gasteiger partial charge in [-0.3, -0.25) is 0 Å². The lowest BCUT2D eigenvalue weighted by molar-refractivity contribution is 0.107. The number of rotatable bonds is 9. The van der Waals surface area contributed by atoms with Crippen molar-refractivity contribution in [2.45, 2.75) is 26.7 Å². The lowest BCUT2D eigenvalue weighted by Gasteiger charge is -2.11. The molecule has 34 heavy (non-hydrogen) atoms. The maximum absolute atomic E-state index is 5.80. The van der Waals surface area contributed by atoms with Crippen LogP contribution in [0.3, 0.4) is 0 Å². The molecule has 0 fully saturated rings. The summed E-state index contributed by atoms with van der Waals surface area (Å²) in [5.41, 5.74) is 4.68. The van der Waals surface area contributed by atoms with Crippen LogP contribution in [-0.4, -0.2) is 7.11 Å². The van der Waals surface area contributed by atoms with Crippen LogP contribution in [0.1, 0.15) is 29.2 Å². The van der Waals surface area contributed by atoms with E-state index in [2.05, 4.69) is 24.3 Å². The zero-order valence-corrected chi connectivity index (χ0v) is 19.9. The average Bonchev–Trinajstić information content (AvgIpc) is 2.90. The molecule has 0 aliphatic heterocycles. The quantitative estimate of drug-likeness (QED) is 0.260. The highest BCUT2D eigenvalue weighted by Crippen LogP contribution is 2.29. The second kappa shape index (κ2) is 14.4. The maximum Gasteiger partial charge on any atom is 0.161 e. The Balaban J connectivity index is 0.000000196. The molecule has 0 unspecified atom stereocenters. The molecule has 4 rings (SSSR count). The topological polar surface area (TPSA) is 27.7 Å². The van der Waals surface area contributed by atoms with Crippen LogP contribution < -0.4 is 9.47 Å². The highest BCUT2D eigenvalue weighted by atomic mass is 16.5. The molecule has 0 aromatic heterocycles. The van der Waals surface area contributed by atoms with Crippen LogP contribution in [0.4, 0.5) is 0 Å². The van der Waals surface area contributed by atoms with Crippen LogP contribution in [0.25, 0.3) is 6.08 Å². The van der Waals surface area contributed by atoms with Gasteiger partial charge in [-0.1, -0.05) is 109 Å². The largest absolute Gasteiger partial charge is 0.493 e. The molecule has 0 saturated heterocycles. The van der Waals surface area contributed by atoms with E-state index >= 15 is 0 Å². The van der Waals surface area contributed by atoms with E-state index in [1.807, 2.05) is 104 Å². The lowest BCUT2D eigenvalue weighted by atomic mass is 10.2. The predicted molar refractivity (Wildman–Crippen MR) is 140 cm³/mol. The van der Waals surface area contributed by atoms with E-state index in [-0.39, 0.29) is 0 Å². The van der Waals surface area contributed by atoms with Gasteiger partial charge in [-0.05, 0) is 41.3 Å². The highest BCUT2D eigenvalue weighted by molar-refractivity contribution is 5.55. The van der Waals surface area contributed by atoms with E-state index in [0.29, 0.717) is 19.8 Å². The second-order valence-electron chi connectivity index (χ2n) is 7.65. The van der Waals surface area contributed by atoms with Gasteiger partial charge in [0.15, 0.2) is 11.5 Å². The summed E-state index contributed by atoms with van der Waals surface area (Å²) in [6.07, 6.45) is 4.03. The third-order valence-corrected chi connectivity index (χ3v) is 5.01. The van der Waals surface area contributed by atoms with Crippen LogP contribution >= 0.6 is 0 Å². The molecular formula is C31H32O3. The van der Waals surface area contributed by atoms with Crippen LogP contribution in [0.5, 0.6) is 11.5 Å². The van der Waals surface area contributed by atoms with Crippen LogP contribution in [0.2, 0.25) is 0 Å². The van der Waals surface area contributed by atoms with Crippen molar-refractivity contribution < 1.29 is 14.2 Å². The minimum Gasteiger partial charge on any atom is -0.493 e. The van der Waals surface area contributed by atoms with Gasteiger partial charge in [0.25, 0.3) is 0 Å². The molecule has 0 saturated carbocycles. The molecule has 4 aromatic rings. The van der Waals surface area contributed by atoms with Crippen molar-refractivity contribution >= 4 is 6.08 Å². The summed E-state index contributed by atoms with van der Waals surface area (Å²) in [7, 11) is 1.66. The van der Waals surface area contributed by atoms with Crippen molar-refractivity contribution in [3.8, 4) is 11.5 Å². The van der Waals surface area contributed by atoms with Gasteiger partial charge in [0.2, 0.25) is 0 Å². The van der Waals surface area contributed by atoms with Gasteiger partial charge in [0, 0.05) is 0 Å². The Morgan fingerprint density at radius 1 is 0.588 bits per heavy atom. The fourth-order valence-corrected chi connectivity index (χ4v) is 3.27. The van der Waals surface area contributed by atoms with Crippen molar-refractivity contribution in [3.63, 3.8) is 0 Å². The lowest BCUT2D eigenvalue weighted by Crippen LogP contribution is -1.97. The molecule has 0 N–H and O–H groups in total. The van der Waals surface area contributed by atoms with Crippen molar-refractivity contribution in [1.82, 2.24) is 0 Å². The third kappa shape index (κ3) is 8.61. The summed E-state index contributed by atoms with van der Waals surface area (Å²) in [5, 5.41) is 0. The minimum atomic E-state index is 0.542. The first-order valence-corrected chi connectivity index (χ1v) is 11.4. The zero-order valence-electron chi connectivity index (χ0n) is 19.9. The Kier molecular flexibility index (Phi) is 10.5. The molecule has 0 amide bonds. The molecule has 0 bridgehead atoms. The number of methoxy groups -OCH3 is 1. The van der Waals surface area contributed by atoms with E-state index in [0.717, 1.165) is 22.6 Å². The highest BCUT2D eigenvalue weighted by Gasteiger charge is 2.05. The van der Waals surface area contributed by atoms with E-state index in [1.165, 1.54) is 11.1 Å². The van der Waals surface area contributed by atoms with E-state index < -0.39 is 0 Å².